The molecule has 0 radical (unpaired) electrons. The van der Waals surface area contributed by atoms with E-state index >= 15 is 0 Å². The van der Waals surface area contributed by atoms with E-state index in [0.29, 0.717) is 38.5 Å². The minimum Gasteiger partial charge on any atom is -0.462 e. The summed E-state index contributed by atoms with van der Waals surface area (Å²) in [4.78, 5) is 73.0. The quantitative estimate of drug-likeness (QED) is 0.0169. The Morgan fingerprint density at radius 1 is 0.264 bits per heavy atom. The lowest BCUT2D eigenvalue weighted by Crippen LogP contribution is -2.30. The predicted molar refractivity (Wildman–Crippen MR) is 436 cm³/mol. The van der Waals surface area contributed by atoms with Gasteiger partial charge in [0.1, 0.15) is 19.3 Å². The third kappa shape index (κ3) is 77.6. The molecule has 0 rings (SSSR count). The highest BCUT2D eigenvalue weighted by molar-refractivity contribution is 7.47. The molecule has 2 unspecified atom stereocenters. The molecular weight excluding hydrogens is 1380 g/mol. The normalized spacial score (nSPS) is 14.4. The molecule has 0 aromatic heterocycles. The van der Waals surface area contributed by atoms with E-state index in [0.717, 1.165) is 96.3 Å². The fourth-order valence-corrected chi connectivity index (χ4v) is 12.6. The average Bonchev–Trinajstić information content (AvgIpc) is 0.903. The molecule has 5 atom stereocenters. The first-order valence-corrected chi connectivity index (χ1v) is 44.8. The van der Waals surface area contributed by atoms with Crippen molar-refractivity contribution < 1.29 is 80.2 Å². The van der Waals surface area contributed by atoms with Crippen molar-refractivity contribution in [3.8, 4) is 0 Å². The minimum absolute atomic E-state index is 0.0207. The molecule has 0 fully saturated rings. The maximum atomic E-state index is 13.1. The SMILES string of the molecule is CCCCC/C=C\C/C=C\C/C=C\C/C=C\C/C=C\CCC(=O)OC[C@H](COP(=O)(O)OC[C@@H](O)COP(=O)(O)OC[C@@H](COC(=O)CCCCCCCCCCCCCCC)OC(=O)CCCCCCCCCCCCCCCCC)OC(=O)CC/C=C\C/C=C\C/C=C\C/C=C\C/C=C\CCCCC. The molecule has 0 aliphatic carbocycles. The first kappa shape index (κ1) is 101. The standard InChI is InChI=1S/C87H150O17P2/c1-5-9-13-17-21-25-29-33-36-38-40-42-45-48-52-56-60-64-68-72-85(90)98-78-83(104-87(92)74-70-66-62-58-54-50-46-43-41-39-37-34-30-26-22-18-14-10-6-2)80-102-106(95,96)100-76-81(88)75-99-105(93,94)101-79-82(77-97-84(89)71-67-63-59-55-51-47-32-28-24-20-16-12-8-4)103-86(91)73-69-65-61-57-53-49-44-35-31-27-23-19-15-11-7-3/h21-22,25-26,33-34,36-37,40-43,48,50,52,54,60,62,64,66,81-83,88H,5-20,23-24,27-32,35,38-39,44-47,49,51,53,55-59,61,63,65,67-80H2,1-4H3,(H,93,94)(H,95,96)/b25-21-,26-22-,36-33-,37-34-,42-40-,43-41-,52-48-,54-50-,64-60-,66-62-/t81-,82+,83+/m0/s1. The molecule has 106 heavy (non-hydrogen) atoms. The zero-order valence-corrected chi connectivity index (χ0v) is 68.6. The molecule has 3 N–H and O–H groups in total. The summed E-state index contributed by atoms with van der Waals surface area (Å²) < 4.78 is 68.5. The molecular formula is C87H150O17P2. The number of unbranched alkanes of at least 4 members (excludes halogenated alkanes) is 32. The number of phosphoric acid groups is 2. The zero-order chi connectivity index (χ0) is 77.4. The number of aliphatic hydroxyl groups excluding tert-OH is 1. The number of aliphatic hydroxyl groups is 1. The topological polar surface area (TPSA) is 237 Å². The average molecular weight is 1530 g/mol. The molecule has 0 saturated heterocycles. The van der Waals surface area contributed by atoms with Crippen LogP contribution in [0.25, 0.3) is 0 Å². The lowest BCUT2D eigenvalue weighted by molar-refractivity contribution is -0.161. The van der Waals surface area contributed by atoms with Gasteiger partial charge >= 0.3 is 39.5 Å². The van der Waals surface area contributed by atoms with Gasteiger partial charge < -0.3 is 33.8 Å². The Kier molecular flexibility index (Phi) is 75.2. The van der Waals surface area contributed by atoms with Gasteiger partial charge in [0.05, 0.1) is 26.4 Å². The molecule has 0 aromatic rings. The van der Waals surface area contributed by atoms with E-state index < -0.39 is 97.5 Å². The predicted octanol–water partition coefficient (Wildman–Crippen LogP) is 24.7. The molecule has 0 saturated carbocycles. The van der Waals surface area contributed by atoms with Gasteiger partial charge in [-0.2, -0.15) is 0 Å². The lowest BCUT2D eigenvalue weighted by atomic mass is 10.0. The Labute approximate surface area is 644 Å². The highest BCUT2D eigenvalue weighted by Crippen LogP contribution is 2.45. The summed E-state index contributed by atoms with van der Waals surface area (Å²) in [6.45, 7) is 4.70. The van der Waals surface area contributed by atoms with E-state index in [1.54, 1.807) is 0 Å². The third-order valence-electron chi connectivity index (χ3n) is 17.5. The maximum absolute atomic E-state index is 13.1. The number of rotatable bonds is 78. The number of hydrogen-bond acceptors (Lipinski definition) is 15. The van der Waals surface area contributed by atoms with Crippen LogP contribution in [0.3, 0.4) is 0 Å². The highest BCUT2D eigenvalue weighted by atomic mass is 31.2. The number of carbonyl (C=O) groups excluding carboxylic acids is 4. The zero-order valence-electron chi connectivity index (χ0n) is 66.8. The summed E-state index contributed by atoms with van der Waals surface area (Å²) >= 11 is 0. The highest BCUT2D eigenvalue weighted by Gasteiger charge is 2.30. The molecule has 0 aliphatic rings. The van der Waals surface area contributed by atoms with Gasteiger partial charge in [-0.1, -0.05) is 342 Å². The van der Waals surface area contributed by atoms with Gasteiger partial charge in [-0.15, -0.1) is 0 Å². The number of esters is 4. The van der Waals surface area contributed by atoms with Gasteiger partial charge in [-0.3, -0.25) is 37.3 Å². The smallest absolute Gasteiger partial charge is 0.462 e. The van der Waals surface area contributed by atoms with Gasteiger partial charge in [-0.05, 0) is 103 Å². The Bertz CT molecular complexity index is 2480. The van der Waals surface area contributed by atoms with Crippen molar-refractivity contribution in [3.05, 3.63) is 122 Å². The van der Waals surface area contributed by atoms with Crippen LogP contribution in [0.5, 0.6) is 0 Å². The number of allylic oxidation sites excluding steroid dienone is 20. The summed E-state index contributed by atoms with van der Waals surface area (Å²) in [7, 11) is -10.0. The molecule has 610 valence electrons. The third-order valence-corrected chi connectivity index (χ3v) is 19.4. The van der Waals surface area contributed by atoms with Crippen molar-refractivity contribution in [1.82, 2.24) is 0 Å². The van der Waals surface area contributed by atoms with E-state index in [1.165, 1.54) is 161 Å². The Balaban J connectivity index is 5.49. The van der Waals surface area contributed by atoms with Crippen LogP contribution in [-0.2, 0) is 65.4 Å². The number of phosphoric ester groups is 2. The molecule has 0 spiro atoms. The summed E-state index contributed by atoms with van der Waals surface area (Å²) in [6.07, 6.45) is 87.7. The number of hydrogen-bond donors (Lipinski definition) is 3. The van der Waals surface area contributed by atoms with Gasteiger partial charge in [0.25, 0.3) is 0 Å². The molecule has 0 bridgehead atoms. The summed E-state index contributed by atoms with van der Waals surface area (Å²) in [5.74, 6) is -2.35. The van der Waals surface area contributed by atoms with Gasteiger partial charge in [0.15, 0.2) is 12.2 Å². The van der Waals surface area contributed by atoms with Gasteiger partial charge in [0.2, 0.25) is 0 Å². The van der Waals surface area contributed by atoms with Crippen molar-refractivity contribution in [2.75, 3.05) is 39.6 Å². The first-order chi connectivity index (χ1) is 51.7. The van der Waals surface area contributed by atoms with Crippen LogP contribution in [0.2, 0.25) is 0 Å². The van der Waals surface area contributed by atoms with Crippen LogP contribution < -0.4 is 0 Å². The number of carbonyl (C=O) groups is 4. The molecule has 19 heteroatoms. The van der Waals surface area contributed by atoms with Crippen molar-refractivity contribution in [3.63, 3.8) is 0 Å². The second-order valence-corrected chi connectivity index (χ2v) is 30.6. The maximum Gasteiger partial charge on any atom is 0.472 e. The van der Waals surface area contributed by atoms with E-state index in [-0.39, 0.29) is 25.7 Å². The van der Waals surface area contributed by atoms with E-state index in [9.17, 15) is 43.2 Å². The van der Waals surface area contributed by atoms with Crippen LogP contribution in [0, 0.1) is 0 Å². The second kappa shape index (κ2) is 78.6. The van der Waals surface area contributed by atoms with Crippen molar-refractivity contribution in [2.24, 2.45) is 0 Å². The monoisotopic (exact) mass is 1530 g/mol. The molecule has 17 nitrogen and oxygen atoms in total. The summed E-state index contributed by atoms with van der Waals surface area (Å²) in [6, 6.07) is 0. The molecule has 0 aliphatic heterocycles. The second-order valence-electron chi connectivity index (χ2n) is 27.7. The van der Waals surface area contributed by atoms with Crippen molar-refractivity contribution in [1.29, 1.82) is 0 Å². The molecule has 0 heterocycles. The largest absolute Gasteiger partial charge is 0.472 e. The van der Waals surface area contributed by atoms with Crippen LogP contribution in [0.15, 0.2) is 122 Å². The minimum atomic E-state index is -5.02. The van der Waals surface area contributed by atoms with Crippen molar-refractivity contribution >= 4 is 39.5 Å². The Morgan fingerprint density at radius 3 is 0.783 bits per heavy atom. The van der Waals surface area contributed by atoms with Gasteiger partial charge in [0, 0.05) is 25.7 Å². The van der Waals surface area contributed by atoms with Crippen molar-refractivity contribution in [2.45, 2.75) is 367 Å². The van der Waals surface area contributed by atoms with E-state index in [4.69, 9.17) is 37.0 Å². The van der Waals surface area contributed by atoms with Crippen LogP contribution in [0.1, 0.15) is 349 Å². The van der Waals surface area contributed by atoms with E-state index in [2.05, 4.69) is 113 Å². The molecule has 0 aromatic carbocycles. The van der Waals surface area contributed by atoms with Crippen LogP contribution in [-0.4, -0.2) is 96.7 Å². The van der Waals surface area contributed by atoms with Crippen LogP contribution >= 0.6 is 15.6 Å². The van der Waals surface area contributed by atoms with Gasteiger partial charge in [-0.25, -0.2) is 9.13 Å². The summed E-state index contributed by atoms with van der Waals surface area (Å²) in [5, 5.41) is 10.7. The Hall–Kier alpha value is -4.54. The fraction of sp³-hybridized carbons (Fsp3) is 0.724. The van der Waals surface area contributed by atoms with Crippen LogP contribution in [0.4, 0.5) is 0 Å². The molecule has 0 amide bonds. The lowest BCUT2D eigenvalue weighted by Gasteiger charge is -2.21. The van der Waals surface area contributed by atoms with E-state index in [1.807, 2.05) is 36.5 Å². The first-order valence-electron chi connectivity index (χ1n) is 41.8. The Morgan fingerprint density at radius 2 is 0.481 bits per heavy atom. The summed E-state index contributed by atoms with van der Waals surface area (Å²) in [5.41, 5.74) is 0. The number of ether oxygens (including phenoxy) is 4. The fourth-order valence-electron chi connectivity index (χ4n) is 11.1.